The lowest BCUT2D eigenvalue weighted by molar-refractivity contribution is 0.158. The Kier molecular flexibility index (Phi) is 5.07. The third kappa shape index (κ3) is 3.94. The molecule has 3 aromatic rings. The molecule has 0 aliphatic heterocycles. The topological polar surface area (TPSA) is 70.1 Å². The lowest BCUT2D eigenvalue weighted by atomic mass is 10.0. The molecule has 1 aromatic heterocycles. The van der Waals surface area contributed by atoms with Gasteiger partial charge in [-0.15, -0.1) is 0 Å². The van der Waals surface area contributed by atoms with E-state index < -0.39 is 6.09 Å². The monoisotopic (exact) mass is 349 g/mol. The first kappa shape index (κ1) is 17.7. The van der Waals surface area contributed by atoms with Gasteiger partial charge in [0.25, 0.3) is 0 Å². The standard InChI is InChI=1S/C21H23N3O2/c1-14-4-7-19(16(3)12-14)20-8-10-24(23-20)18-6-5-15(2)17(13-18)9-11-26-21(22)25/h4-8,10,12-13H,9,11H2,1-3H3,(H2,22,25). The van der Waals surface area contributed by atoms with E-state index in [1.165, 1.54) is 11.1 Å². The number of hydrogen-bond acceptors (Lipinski definition) is 3. The van der Waals surface area contributed by atoms with Crippen molar-refractivity contribution in [3.8, 4) is 16.9 Å². The van der Waals surface area contributed by atoms with Crippen molar-refractivity contribution in [2.24, 2.45) is 5.73 Å². The van der Waals surface area contributed by atoms with E-state index in [1.54, 1.807) is 0 Å². The number of aryl methyl sites for hydroxylation is 3. The largest absolute Gasteiger partial charge is 0.449 e. The Hall–Kier alpha value is -3.08. The van der Waals surface area contributed by atoms with Crippen LogP contribution in [0.2, 0.25) is 0 Å². The Morgan fingerprint density at radius 3 is 2.62 bits per heavy atom. The van der Waals surface area contributed by atoms with Crippen LogP contribution >= 0.6 is 0 Å². The first-order valence-electron chi connectivity index (χ1n) is 8.59. The van der Waals surface area contributed by atoms with E-state index in [-0.39, 0.29) is 6.61 Å². The van der Waals surface area contributed by atoms with E-state index in [1.807, 2.05) is 36.0 Å². The van der Waals surface area contributed by atoms with Crippen molar-refractivity contribution in [3.63, 3.8) is 0 Å². The SMILES string of the molecule is Cc1ccc(-c2ccn(-c3ccc(C)c(CCOC(N)=O)c3)n2)c(C)c1. The van der Waals surface area contributed by atoms with Crippen molar-refractivity contribution in [2.45, 2.75) is 27.2 Å². The van der Waals surface area contributed by atoms with Crippen molar-refractivity contribution in [1.29, 1.82) is 0 Å². The quantitative estimate of drug-likeness (QED) is 0.754. The molecule has 134 valence electrons. The third-order valence-corrected chi connectivity index (χ3v) is 4.46. The van der Waals surface area contributed by atoms with Crippen LogP contribution < -0.4 is 5.73 Å². The van der Waals surface area contributed by atoms with Crippen LogP contribution in [0.1, 0.15) is 22.3 Å². The van der Waals surface area contributed by atoms with Crippen LogP contribution in [0.5, 0.6) is 0 Å². The summed E-state index contributed by atoms with van der Waals surface area (Å²) in [5.74, 6) is 0. The minimum atomic E-state index is -0.746. The van der Waals surface area contributed by atoms with E-state index in [2.05, 4.69) is 38.1 Å². The molecule has 0 aliphatic rings. The fourth-order valence-corrected chi connectivity index (χ4v) is 3.04. The Morgan fingerprint density at radius 2 is 1.88 bits per heavy atom. The number of nitrogens with zero attached hydrogens (tertiary/aromatic N) is 2. The number of amides is 1. The second kappa shape index (κ2) is 7.44. The van der Waals surface area contributed by atoms with Gasteiger partial charge < -0.3 is 10.5 Å². The van der Waals surface area contributed by atoms with Crippen molar-refractivity contribution in [3.05, 3.63) is 70.9 Å². The highest BCUT2D eigenvalue weighted by Crippen LogP contribution is 2.24. The molecule has 26 heavy (non-hydrogen) atoms. The maximum absolute atomic E-state index is 10.7. The summed E-state index contributed by atoms with van der Waals surface area (Å²) < 4.78 is 6.72. The van der Waals surface area contributed by atoms with E-state index in [0.29, 0.717) is 6.42 Å². The summed E-state index contributed by atoms with van der Waals surface area (Å²) in [5.41, 5.74) is 12.8. The molecule has 0 unspecified atom stereocenters. The maximum atomic E-state index is 10.7. The number of rotatable bonds is 5. The summed E-state index contributed by atoms with van der Waals surface area (Å²) in [6.45, 7) is 6.50. The molecule has 0 fully saturated rings. The van der Waals surface area contributed by atoms with Crippen LogP contribution in [0, 0.1) is 20.8 Å². The zero-order valence-corrected chi connectivity index (χ0v) is 15.3. The highest BCUT2D eigenvalue weighted by molar-refractivity contribution is 5.64. The van der Waals surface area contributed by atoms with Gasteiger partial charge >= 0.3 is 6.09 Å². The molecule has 2 aromatic carbocycles. The van der Waals surface area contributed by atoms with Crippen LogP contribution in [0.4, 0.5) is 4.79 Å². The van der Waals surface area contributed by atoms with Gasteiger partial charge in [0.1, 0.15) is 0 Å². The predicted molar refractivity (Wildman–Crippen MR) is 102 cm³/mol. The molecule has 1 heterocycles. The van der Waals surface area contributed by atoms with E-state index >= 15 is 0 Å². The van der Waals surface area contributed by atoms with Gasteiger partial charge in [-0.3, -0.25) is 0 Å². The number of benzene rings is 2. The zero-order valence-electron chi connectivity index (χ0n) is 15.3. The average molecular weight is 349 g/mol. The summed E-state index contributed by atoms with van der Waals surface area (Å²) in [4.78, 5) is 10.7. The van der Waals surface area contributed by atoms with Crippen molar-refractivity contribution in [1.82, 2.24) is 9.78 Å². The van der Waals surface area contributed by atoms with Gasteiger partial charge in [0.2, 0.25) is 0 Å². The minimum absolute atomic E-state index is 0.270. The zero-order chi connectivity index (χ0) is 18.7. The normalized spacial score (nSPS) is 10.7. The molecule has 0 atom stereocenters. The Labute approximate surface area is 153 Å². The third-order valence-electron chi connectivity index (χ3n) is 4.46. The lowest BCUT2D eigenvalue weighted by Crippen LogP contribution is -2.15. The van der Waals surface area contributed by atoms with Crippen LogP contribution in [0.25, 0.3) is 16.9 Å². The fraction of sp³-hybridized carbons (Fsp3) is 0.238. The fourth-order valence-electron chi connectivity index (χ4n) is 3.04. The summed E-state index contributed by atoms with van der Waals surface area (Å²) in [7, 11) is 0. The molecule has 0 aliphatic carbocycles. The van der Waals surface area contributed by atoms with Gasteiger partial charge in [-0.05, 0) is 55.7 Å². The van der Waals surface area contributed by atoms with Gasteiger partial charge in [-0.2, -0.15) is 5.10 Å². The van der Waals surface area contributed by atoms with Crippen molar-refractivity contribution in [2.75, 3.05) is 6.61 Å². The van der Waals surface area contributed by atoms with Gasteiger partial charge in [0.15, 0.2) is 0 Å². The first-order chi connectivity index (χ1) is 12.4. The van der Waals surface area contributed by atoms with Gasteiger partial charge in [0.05, 0.1) is 18.0 Å². The number of carbonyl (C=O) groups is 1. The van der Waals surface area contributed by atoms with Crippen LogP contribution in [0.15, 0.2) is 48.7 Å². The second-order valence-corrected chi connectivity index (χ2v) is 6.49. The van der Waals surface area contributed by atoms with E-state index in [9.17, 15) is 4.79 Å². The molecular formula is C21H23N3O2. The highest BCUT2D eigenvalue weighted by atomic mass is 16.5. The molecule has 0 saturated carbocycles. The molecular weight excluding hydrogens is 326 g/mol. The molecule has 2 N–H and O–H groups in total. The van der Waals surface area contributed by atoms with Crippen LogP contribution in [-0.2, 0) is 11.2 Å². The number of ether oxygens (including phenoxy) is 1. The van der Waals surface area contributed by atoms with Crippen LogP contribution in [0.3, 0.4) is 0 Å². The molecule has 1 amide bonds. The minimum Gasteiger partial charge on any atom is -0.449 e. The van der Waals surface area contributed by atoms with Gasteiger partial charge in [-0.25, -0.2) is 9.48 Å². The molecule has 0 spiro atoms. The van der Waals surface area contributed by atoms with Gasteiger partial charge in [-0.1, -0.05) is 29.8 Å². The number of aromatic nitrogens is 2. The molecule has 5 heteroatoms. The van der Waals surface area contributed by atoms with E-state index in [0.717, 1.165) is 28.1 Å². The Bertz CT molecular complexity index is 944. The molecule has 0 saturated heterocycles. The second-order valence-electron chi connectivity index (χ2n) is 6.49. The summed E-state index contributed by atoms with van der Waals surface area (Å²) >= 11 is 0. The number of nitrogens with two attached hydrogens (primary N) is 1. The summed E-state index contributed by atoms with van der Waals surface area (Å²) in [6, 6.07) is 14.5. The van der Waals surface area contributed by atoms with Crippen LogP contribution in [-0.4, -0.2) is 22.5 Å². The molecule has 0 bridgehead atoms. The number of hydrogen-bond donors (Lipinski definition) is 1. The highest BCUT2D eigenvalue weighted by Gasteiger charge is 2.08. The molecule has 5 nitrogen and oxygen atoms in total. The predicted octanol–water partition coefficient (Wildman–Crippen LogP) is 4.10. The van der Waals surface area contributed by atoms with Crippen molar-refractivity contribution < 1.29 is 9.53 Å². The van der Waals surface area contributed by atoms with Crippen molar-refractivity contribution >= 4 is 6.09 Å². The number of carbonyl (C=O) groups excluding carboxylic acids is 1. The smallest absolute Gasteiger partial charge is 0.404 e. The summed E-state index contributed by atoms with van der Waals surface area (Å²) in [6.07, 6.45) is 1.83. The maximum Gasteiger partial charge on any atom is 0.404 e. The van der Waals surface area contributed by atoms with Gasteiger partial charge in [0, 0.05) is 18.2 Å². The Morgan fingerprint density at radius 1 is 1.08 bits per heavy atom. The number of primary amides is 1. The molecule has 0 radical (unpaired) electrons. The average Bonchev–Trinajstić information content (AvgIpc) is 3.06. The Balaban J connectivity index is 1.86. The first-order valence-corrected chi connectivity index (χ1v) is 8.59. The van der Waals surface area contributed by atoms with E-state index in [4.69, 9.17) is 15.6 Å². The lowest BCUT2D eigenvalue weighted by Gasteiger charge is -2.09. The summed E-state index contributed by atoms with van der Waals surface area (Å²) in [5, 5.41) is 4.73. The molecule has 3 rings (SSSR count).